The van der Waals surface area contributed by atoms with E-state index < -0.39 is 0 Å². The molecule has 3 aromatic rings. The monoisotopic (exact) mass is 516 g/mol. The van der Waals surface area contributed by atoms with E-state index >= 15 is 0 Å². The van der Waals surface area contributed by atoms with Gasteiger partial charge in [0.05, 0.1) is 39.7 Å². The van der Waals surface area contributed by atoms with Gasteiger partial charge in [0, 0.05) is 28.1 Å². The number of benzene rings is 2. The van der Waals surface area contributed by atoms with Crippen molar-refractivity contribution in [2.24, 2.45) is 0 Å². The van der Waals surface area contributed by atoms with Crippen molar-refractivity contribution in [3.63, 3.8) is 0 Å². The van der Waals surface area contributed by atoms with Crippen molar-refractivity contribution in [1.82, 2.24) is 0 Å². The number of hydrogen-bond acceptors (Lipinski definition) is 7. The number of halogens is 1. The van der Waals surface area contributed by atoms with E-state index in [-0.39, 0.29) is 5.91 Å². The summed E-state index contributed by atoms with van der Waals surface area (Å²) in [7, 11) is 6.37. The molecule has 0 saturated heterocycles. The lowest BCUT2D eigenvalue weighted by Gasteiger charge is -2.16. The van der Waals surface area contributed by atoms with Gasteiger partial charge in [-0.3, -0.25) is 4.79 Å². The van der Waals surface area contributed by atoms with E-state index in [0.717, 1.165) is 41.8 Å². The minimum absolute atomic E-state index is 0.188. The van der Waals surface area contributed by atoms with Crippen LogP contribution in [-0.4, -0.2) is 34.3 Å². The summed E-state index contributed by atoms with van der Waals surface area (Å²) in [6, 6.07) is 8.84. The fourth-order valence-electron chi connectivity index (χ4n) is 4.30. The predicted molar refractivity (Wildman–Crippen MR) is 140 cm³/mol. The van der Waals surface area contributed by atoms with Crippen LogP contribution in [0.5, 0.6) is 23.0 Å². The molecule has 9 heteroatoms. The molecule has 1 heterocycles. The van der Waals surface area contributed by atoms with Gasteiger partial charge in [-0.05, 0) is 55.5 Å². The van der Waals surface area contributed by atoms with E-state index in [1.54, 1.807) is 64.0 Å². The van der Waals surface area contributed by atoms with Crippen LogP contribution in [0.15, 0.2) is 30.3 Å². The van der Waals surface area contributed by atoms with E-state index in [0.29, 0.717) is 45.8 Å². The highest BCUT2D eigenvalue weighted by Crippen LogP contribution is 2.40. The van der Waals surface area contributed by atoms with Crippen molar-refractivity contribution >= 4 is 39.5 Å². The fourth-order valence-corrected chi connectivity index (χ4v) is 5.75. The highest BCUT2D eigenvalue weighted by molar-refractivity contribution is 7.16. The molecule has 0 aliphatic heterocycles. The first-order chi connectivity index (χ1) is 17.0. The predicted octanol–water partition coefficient (Wildman–Crippen LogP) is 6.18. The summed E-state index contributed by atoms with van der Waals surface area (Å²) >= 11 is 7.81. The number of carbonyl (C=O) groups is 1. The molecule has 0 unspecified atom stereocenters. The van der Waals surface area contributed by atoms with Crippen LogP contribution in [0, 0.1) is 0 Å². The Hall–Kier alpha value is -3.10. The van der Waals surface area contributed by atoms with E-state index in [4.69, 9.17) is 30.5 Å². The average Bonchev–Trinajstić information content (AvgIpc) is 3.25. The van der Waals surface area contributed by atoms with Crippen molar-refractivity contribution < 1.29 is 23.7 Å². The Kier molecular flexibility index (Phi) is 7.93. The molecule has 2 aromatic carbocycles. The number of rotatable bonds is 9. The zero-order valence-electron chi connectivity index (χ0n) is 20.2. The lowest BCUT2D eigenvalue weighted by molar-refractivity contribution is 0.102. The second-order valence-corrected chi connectivity index (χ2v) is 9.63. The van der Waals surface area contributed by atoms with Crippen LogP contribution in [0.3, 0.4) is 0 Å². The Labute approximate surface area is 214 Å². The molecule has 1 amide bonds. The molecule has 1 aliphatic rings. The summed E-state index contributed by atoms with van der Waals surface area (Å²) < 4.78 is 21.8. The zero-order valence-corrected chi connectivity index (χ0v) is 21.8. The number of carbonyl (C=O) groups excluding carboxylic acids is 1. The molecule has 35 heavy (non-hydrogen) atoms. The summed E-state index contributed by atoms with van der Waals surface area (Å²) in [5.74, 6) is 2.24. The Morgan fingerprint density at radius 2 is 1.60 bits per heavy atom. The summed E-state index contributed by atoms with van der Waals surface area (Å²) in [6.07, 6.45) is 4.04. The highest BCUT2D eigenvalue weighted by Gasteiger charge is 2.26. The third-order valence-electron chi connectivity index (χ3n) is 6.03. The van der Waals surface area contributed by atoms with E-state index in [1.165, 1.54) is 4.88 Å². The number of ether oxygens (including phenoxy) is 4. The molecule has 186 valence electrons. The van der Waals surface area contributed by atoms with Crippen LogP contribution in [0.4, 0.5) is 10.7 Å². The van der Waals surface area contributed by atoms with Gasteiger partial charge >= 0.3 is 0 Å². The summed E-state index contributed by atoms with van der Waals surface area (Å²) in [4.78, 5) is 14.8. The highest BCUT2D eigenvalue weighted by atomic mass is 35.5. The number of aryl methyl sites for hydroxylation is 1. The Morgan fingerprint density at radius 1 is 0.914 bits per heavy atom. The molecule has 4 rings (SSSR count). The quantitative estimate of drug-likeness (QED) is 0.353. The number of amides is 1. The minimum atomic E-state index is -0.188. The second kappa shape index (κ2) is 11.1. The molecule has 0 saturated carbocycles. The Balaban J connectivity index is 1.65. The van der Waals surface area contributed by atoms with Gasteiger partial charge in [0.15, 0.2) is 11.5 Å². The van der Waals surface area contributed by atoms with Crippen LogP contribution < -0.4 is 29.6 Å². The third kappa shape index (κ3) is 5.28. The summed E-state index contributed by atoms with van der Waals surface area (Å²) in [5, 5.41) is 7.83. The Morgan fingerprint density at radius 3 is 2.31 bits per heavy atom. The molecule has 0 fully saturated rings. The molecule has 1 aliphatic carbocycles. The maximum absolute atomic E-state index is 13.6. The van der Waals surface area contributed by atoms with Crippen LogP contribution in [-0.2, 0) is 19.4 Å². The van der Waals surface area contributed by atoms with E-state index in [1.807, 2.05) is 6.07 Å². The van der Waals surface area contributed by atoms with Crippen LogP contribution in [0.2, 0.25) is 5.02 Å². The fraction of sp³-hybridized carbons (Fsp3) is 0.346. The lowest BCUT2D eigenvalue weighted by atomic mass is 9.95. The van der Waals surface area contributed by atoms with Gasteiger partial charge < -0.3 is 29.6 Å². The molecule has 1 aromatic heterocycles. The van der Waals surface area contributed by atoms with Gasteiger partial charge in [0.1, 0.15) is 16.5 Å². The van der Waals surface area contributed by atoms with Gasteiger partial charge in [-0.2, -0.15) is 0 Å². The van der Waals surface area contributed by atoms with Crippen molar-refractivity contribution in [3.05, 3.63) is 56.9 Å². The minimum Gasteiger partial charge on any atom is -0.496 e. The third-order valence-corrected chi connectivity index (χ3v) is 7.52. The van der Waals surface area contributed by atoms with Gasteiger partial charge in [0.2, 0.25) is 0 Å². The molecule has 0 radical (unpaired) electrons. The van der Waals surface area contributed by atoms with Crippen molar-refractivity contribution in [1.29, 1.82) is 0 Å². The number of thiophene rings is 1. The molecule has 0 atom stereocenters. The molecule has 0 spiro atoms. The van der Waals surface area contributed by atoms with Crippen LogP contribution in [0.1, 0.15) is 39.2 Å². The molecular formula is C26H29ClN2O5S. The first-order valence-electron chi connectivity index (χ1n) is 11.3. The standard InChI is InChI=1S/C26H29ClN2O5S/c1-31-19-10-9-16(27)12-18(19)29-25(30)24-17-7-5-6-8-23(17)35-26(24)28-14-15-11-21(33-3)22(34-4)13-20(15)32-2/h9-13,28H,5-8,14H2,1-4H3,(H,29,30). The topological polar surface area (TPSA) is 78.0 Å². The number of fused-ring (bicyclic) bond motifs is 1. The second-order valence-electron chi connectivity index (χ2n) is 8.09. The van der Waals surface area contributed by atoms with Gasteiger partial charge in [-0.1, -0.05) is 11.6 Å². The number of nitrogens with one attached hydrogen (secondary N) is 2. The Bertz CT molecular complexity index is 1230. The van der Waals surface area contributed by atoms with E-state index in [2.05, 4.69) is 10.6 Å². The van der Waals surface area contributed by atoms with Gasteiger partial charge in [-0.25, -0.2) is 0 Å². The molecule has 7 nitrogen and oxygen atoms in total. The number of methoxy groups -OCH3 is 4. The lowest BCUT2D eigenvalue weighted by Crippen LogP contribution is -2.17. The molecule has 0 bridgehead atoms. The maximum Gasteiger partial charge on any atom is 0.259 e. The van der Waals surface area contributed by atoms with Crippen LogP contribution in [0.25, 0.3) is 0 Å². The zero-order chi connectivity index (χ0) is 24.9. The van der Waals surface area contributed by atoms with Crippen molar-refractivity contribution in [2.75, 3.05) is 39.1 Å². The number of anilines is 2. The summed E-state index contributed by atoms with van der Waals surface area (Å²) in [5.41, 5.74) is 3.21. The largest absolute Gasteiger partial charge is 0.496 e. The van der Waals surface area contributed by atoms with Gasteiger partial charge in [0.25, 0.3) is 5.91 Å². The normalized spacial score (nSPS) is 12.5. The summed E-state index contributed by atoms with van der Waals surface area (Å²) in [6.45, 7) is 0.448. The molecular weight excluding hydrogens is 488 g/mol. The first kappa shape index (κ1) is 25.0. The molecule has 2 N–H and O–H groups in total. The number of hydrogen-bond donors (Lipinski definition) is 2. The average molecular weight is 517 g/mol. The van der Waals surface area contributed by atoms with Crippen molar-refractivity contribution in [2.45, 2.75) is 32.2 Å². The van der Waals surface area contributed by atoms with Gasteiger partial charge in [-0.15, -0.1) is 11.3 Å². The van der Waals surface area contributed by atoms with E-state index in [9.17, 15) is 4.79 Å². The first-order valence-corrected chi connectivity index (χ1v) is 12.5. The maximum atomic E-state index is 13.6. The SMILES string of the molecule is COc1cc(OC)c(OC)cc1CNc1sc2c(c1C(=O)Nc1cc(Cl)ccc1OC)CCCC2. The van der Waals surface area contributed by atoms with Crippen molar-refractivity contribution in [3.8, 4) is 23.0 Å². The smallest absolute Gasteiger partial charge is 0.259 e. The van der Waals surface area contributed by atoms with Crippen LogP contribution >= 0.6 is 22.9 Å².